The van der Waals surface area contributed by atoms with Crippen molar-refractivity contribution < 1.29 is 0 Å². The molecule has 2 bridgehead atoms. The van der Waals surface area contributed by atoms with Gasteiger partial charge in [-0.3, -0.25) is 0 Å². The summed E-state index contributed by atoms with van der Waals surface area (Å²) in [5.74, 6) is 2.59. The van der Waals surface area contributed by atoms with E-state index in [4.69, 9.17) is 0 Å². The fraction of sp³-hybridized carbons (Fsp3) is 0.429. The van der Waals surface area contributed by atoms with E-state index >= 15 is 0 Å². The number of fused-ring (bicyclic) bond motifs is 5. The van der Waals surface area contributed by atoms with Crippen LogP contribution in [0, 0.1) is 11.8 Å². The minimum atomic E-state index is 0.790. The van der Waals surface area contributed by atoms with E-state index in [9.17, 15) is 0 Å². The lowest BCUT2D eigenvalue weighted by Gasteiger charge is -2.31. The zero-order valence-electron chi connectivity index (χ0n) is 12.5. The van der Waals surface area contributed by atoms with Gasteiger partial charge in [0, 0.05) is 0 Å². The van der Waals surface area contributed by atoms with Crippen molar-refractivity contribution in [2.45, 2.75) is 44.4 Å². The van der Waals surface area contributed by atoms with Crippen molar-refractivity contribution in [3.63, 3.8) is 0 Å². The number of hydrogen-bond acceptors (Lipinski definition) is 0. The normalized spacial score (nSPS) is 31.0. The van der Waals surface area contributed by atoms with Crippen LogP contribution in [-0.2, 0) is 0 Å². The maximum absolute atomic E-state index is 2.40. The minimum Gasteiger partial charge on any atom is -0.0676 e. The number of hydrogen-bond donors (Lipinski definition) is 0. The van der Waals surface area contributed by atoms with Crippen LogP contribution in [0.3, 0.4) is 0 Å². The summed E-state index contributed by atoms with van der Waals surface area (Å²) >= 11 is 0. The maximum Gasteiger partial charge on any atom is -0.00842 e. The first-order valence-corrected chi connectivity index (χ1v) is 8.61. The molecule has 0 amide bonds. The molecular formula is C21H22. The highest BCUT2D eigenvalue weighted by atomic mass is 14.5. The van der Waals surface area contributed by atoms with Gasteiger partial charge in [-0.1, -0.05) is 53.6 Å². The average molecular weight is 274 g/mol. The Morgan fingerprint density at radius 3 is 2.43 bits per heavy atom. The van der Waals surface area contributed by atoms with Gasteiger partial charge in [0.15, 0.2) is 0 Å². The summed E-state index contributed by atoms with van der Waals surface area (Å²) in [6, 6.07) is 15.9. The monoisotopic (exact) mass is 274 g/mol. The smallest absolute Gasteiger partial charge is 0.00842 e. The van der Waals surface area contributed by atoms with E-state index < -0.39 is 0 Å². The van der Waals surface area contributed by atoms with Gasteiger partial charge in [-0.2, -0.15) is 0 Å². The first kappa shape index (κ1) is 12.0. The molecule has 2 aromatic carbocycles. The van der Waals surface area contributed by atoms with Crippen LogP contribution < -0.4 is 0 Å². The van der Waals surface area contributed by atoms with Crippen LogP contribution >= 0.6 is 0 Å². The van der Waals surface area contributed by atoms with E-state index in [-0.39, 0.29) is 0 Å². The third-order valence-electron chi connectivity index (χ3n) is 6.28. The molecule has 2 aromatic rings. The van der Waals surface area contributed by atoms with Crippen LogP contribution in [-0.4, -0.2) is 0 Å². The van der Waals surface area contributed by atoms with Gasteiger partial charge in [-0.05, 0) is 72.6 Å². The summed E-state index contributed by atoms with van der Waals surface area (Å²) in [5.41, 5.74) is 5.40. The summed E-state index contributed by atoms with van der Waals surface area (Å²) in [7, 11) is 0. The standard InChI is InChI=1S/C21H22/c1-2-8-16-14(6-1)7-5-11-19(16)21-13-15-12-20(21)18-10-4-3-9-17(15)18/h1-2,5-8,11,15,20-21H,3-4,9-10,12-13H2. The minimum absolute atomic E-state index is 0.790. The van der Waals surface area contributed by atoms with Gasteiger partial charge in [0.05, 0.1) is 0 Å². The molecule has 21 heavy (non-hydrogen) atoms. The molecule has 0 nitrogen and oxygen atoms in total. The van der Waals surface area contributed by atoms with Crippen molar-refractivity contribution in [2.75, 3.05) is 0 Å². The fourth-order valence-corrected chi connectivity index (χ4v) is 5.47. The molecule has 3 unspecified atom stereocenters. The van der Waals surface area contributed by atoms with Gasteiger partial charge in [-0.25, -0.2) is 0 Å². The second-order valence-electron chi connectivity index (χ2n) is 7.21. The topological polar surface area (TPSA) is 0 Å². The van der Waals surface area contributed by atoms with E-state index in [2.05, 4.69) is 42.5 Å². The largest absolute Gasteiger partial charge is 0.0676 e. The number of benzene rings is 2. The van der Waals surface area contributed by atoms with E-state index in [0.29, 0.717) is 0 Å². The van der Waals surface area contributed by atoms with Gasteiger partial charge < -0.3 is 0 Å². The van der Waals surface area contributed by atoms with Crippen molar-refractivity contribution in [1.29, 1.82) is 0 Å². The fourth-order valence-electron chi connectivity index (χ4n) is 5.47. The lowest BCUT2D eigenvalue weighted by molar-refractivity contribution is 0.492. The number of allylic oxidation sites excluding steroid dienone is 2. The molecule has 106 valence electrons. The van der Waals surface area contributed by atoms with Crippen molar-refractivity contribution in [1.82, 2.24) is 0 Å². The Hall–Kier alpha value is -1.56. The Kier molecular flexibility index (Phi) is 2.56. The molecule has 0 spiro atoms. The molecule has 3 aliphatic rings. The predicted octanol–water partition coefficient (Wildman–Crippen LogP) is 5.83. The lowest BCUT2D eigenvalue weighted by Crippen LogP contribution is -2.16. The van der Waals surface area contributed by atoms with Crippen molar-refractivity contribution in [3.05, 3.63) is 59.2 Å². The molecule has 3 atom stereocenters. The second-order valence-corrected chi connectivity index (χ2v) is 7.21. The van der Waals surface area contributed by atoms with Crippen LogP contribution in [0.2, 0.25) is 0 Å². The van der Waals surface area contributed by atoms with E-state index in [0.717, 1.165) is 17.8 Å². The summed E-state index contributed by atoms with van der Waals surface area (Å²) in [6.07, 6.45) is 8.57. The summed E-state index contributed by atoms with van der Waals surface area (Å²) in [5, 5.41) is 2.91. The van der Waals surface area contributed by atoms with Gasteiger partial charge >= 0.3 is 0 Å². The molecule has 0 aliphatic heterocycles. The first-order chi connectivity index (χ1) is 10.4. The van der Waals surface area contributed by atoms with Crippen LogP contribution in [0.4, 0.5) is 0 Å². The molecular weight excluding hydrogens is 252 g/mol. The zero-order chi connectivity index (χ0) is 13.8. The van der Waals surface area contributed by atoms with E-state index in [1.165, 1.54) is 49.3 Å². The Morgan fingerprint density at radius 1 is 0.714 bits per heavy atom. The van der Waals surface area contributed by atoms with Crippen LogP contribution in [0.15, 0.2) is 53.6 Å². The van der Waals surface area contributed by atoms with Gasteiger partial charge in [0.2, 0.25) is 0 Å². The molecule has 5 rings (SSSR count). The Morgan fingerprint density at radius 2 is 1.48 bits per heavy atom. The van der Waals surface area contributed by atoms with Crippen LogP contribution in [0.1, 0.15) is 50.0 Å². The summed E-state index contributed by atoms with van der Waals surface area (Å²) < 4.78 is 0. The summed E-state index contributed by atoms with van der Waals surface area (Å²) in [4.78, 5) is 0. The highest BCUT2D eigenvalue weighted by Gasteiger charge is 2.46. The third-order valence-corrected chi connectivity index (χ3v) is 6.28. The molecule has 0 aromatic heterocycles. The van der Waals surface area contributed by atoms with Crippen LogP contribution in [0.25, 0.3) is 10.8 Å². The molecule has 1 saturated carbocycles. The molecule has 0 radical (unpaired) electrons. The molecule has 0 heteroatoms. The highest BCUT2D eigenvalue weighted by molar-refractivity contribution is 5.86. The SMILES string of the molecule is c1ccc2c(C3CC4CC3C3=C4CCCC3)cccc2c1. The van der Waals surface area contributed by atoms with Crippen molar-refractivity contribution >= 4 is 10.8 Å². The second kappa shape index (κ2) is 4.47. The van der Waals surface area contributed by atoms with Gasteiger partial charge in [0.25, 0.3) is 0 Å². The maximum atomic E-state index is 2.40. The molecule has 3 aliphatic carbocycles. The molecule has 1 fully saturated rings. The predicted molar refractivity (Wildman–Crippen MR) is 88.4 cm³/mol. The van der Waals surface area contributed by atoms with Gasteiger partial charge in [-0.15, -0.1) is 0 Å². The molecule has 0 N–H and O–H groups in total. The first-order valence-electron chi connectivity index (χ1n) is 8.61. The quantitative estimate of drug-likeness (QED) is 0.574. The third kappa shape index (κ3) is 1.68. The Labute approximate surface area is 126 Å². The highest BCUT2D eigenvalue weighted by Crippen LogP contribution is 2.59. The summed E-state index contributed by atoms with van der Waals surface area (Å²) in [6.45, 7) is 0. The Balaban J connectivity index is 1.61. The van der Waals surface area contributed by atoms with Crippen molar-refractivity contribution in [2.24, 2.45) is 11.8 Å². The lowest BCUT2D eigenvalue weighted by atomic mass is 9.74. The molecule has 0 heterocycles. The zero-order valence-corrected chi connectivity index (χ0v) is 12.5. The average Bonchev–Trinajstić information content (AvgIpc) is 3.14. The molecule has 0 saturated heterocycles. The van der Waals surface area contributed by atoms with Crippen LogP contribution in [0.5, 0.6) is 0 Å². The van der Waals surface area contributed by atoms with E-state index in [1.807, 2.05) is 11.1 Å². The van der Waals surface area contributed by atoms with E-state index in [1.54, 1.807) is 5.56 Å². The van der Waals surface area contributed by atoms with Crippen molar-refractivity contribution in [3.8, 4) is 0 Å². The van der Waals surface area contributed by atoms with Gasteiger partial charge in [0.1, 0.15) is 0 Å². The number of rotatable bonds is 1. The Bertz CT molecular complexity index is 731.